The smallest absolute Gasteiger partial charge is 0.280 e. The first-order valence-corrected chi connectivity index (χ1v) is 14.3. The van der Waals surface area contributed by atoms with Crippen molar-refractivity contribution in [3.63, 3.8) is 0 Å². The fraction of sp³-hybridized carbons (Fsp3) is 0.467. The molecule has 3 aromatic rings. The van der Waals surface area contributed by atoms with E-state index in [9.17, 15) is 4.79 Å². The molecule has 210 valence electrons. The number of anilines is 3. The molecular formula is C30H38N8O2. The number of fused-ring (bicyclic) bond motifs is 7. The third-order valence-corrected chi connectivity index (χ3v) is 7.58. The molecule has 6 rings (SSSR count). The average Bonchev–Trinajstić information content (AvgIpc) is 3.59. The van der Waals surface area contributed by atoms with Crippen LogP contribution in [0.4, 0.5) is 17.1 Å². The molecule has 2 bridgehead atoms. The second-order valence-corrected chi connectivity index (χ2v) is 11.5. The molecule has 40 heavy (non-hydrogen) atoms. The molecule has 0 saturated heterocycles. The van der Waals surface area contributed by atoms with Crippen LogP contribution in [0, 0.1) is 12.8 Å². The van der Waals surface area contributed by atoms with E-state index in [4.69, 9.17) is 9.72 Å². The minimum absolute atomic E-state index is 0.309. The van der Waals surface area contributed by atoms with Gasteiger partial charge in [0.25, 0.3) is 5.91 Å². The highest BCUT2D eigenvalue weighted by atomic mass is 16.5. The number of carbonyl (C=O) groups excluding carboxylic acids is 1. The summed E-state index contributed by atoms with van der Waals surface area (Å²) in [5.41, 5.74) is 5.76. The Morgan fingerprint density at radius 1 is 1.18 bits per heavy atom. The van der Waals surface area contributed by atoms with E-state index in [2.05, 4.69) is 69.7 Å². The molecular weight excluding hydrogens is 504 g/mol. The van der Waals surface area contributed by atoms with Crippen molar-refractivity contribution < 1.29 is 9.53 Å². The van der Waals surface area contributed by atoms with Gasteiger partial charge in [0.15, 0.2) is 0 Å². The average molecular weight is 543 g/mol. The maximum atomic E-state index is 13.6. The molecule has 1 amide bonds. The molecule has 3 aliphatic rings. The summed E-state index contributed by atoms with van der Waals surface area (Å²) in [6, 6.07) is 10.2. The lowest BCUT2D eigenvalue weighted by atomic mass is 10.1. The van der Waals surface area contributed by atoms with Gasteiger partial charge >= 0.3 is 0 Å². The molecule has 2 aliphatic heterocycles. The van der Waals surface area contributed by atoms with E-state index < -0.39 is 0 Å². The maximum Gasteiger partial charge on any atom is 0.280 e. The SMILES string of the molecule is Cc1cc2cc(n1)-c1cnn(C3CC3)c1OCCCC(C)CN1/C(=N/C2=O)Nc2ccc(NCCN(C)C)cc21. The van der Waals surface area contributed by atoms with Crippen LogP contribution in [0.1, 0.15) is 54.7 Å². The van der Waals surface area contributed by atoms with Crippen molar-refractivity contribution in [2.45, 2.75) is 45.6 Å². The molecule has 1 unspecified atom stereocenters. The Bertz CT molecular complexity index is 1440. The predicted octanol–water partition coefficient (Wildman–Crippen LogP) is 4.80. The molecule has 0 spiro atoms. The van der Waals surface area contributed by atoms with Crippen LogP contribution in [0.2, 0.25) is 0 Å². The second-order valence-electron chi connectivity index (χ2n) is 11.5. The number of amides is 1. The van der Waals surface area contributed by atoms with E-state index in [0.717, 1.165) is 79.5 Å². The molecule has 10 nitrogen and oxygen atoms in total. The van der Waals surface area contributed by atoms with E-state index >= 15 is 0 Å². The minimum Gasteiger partial charge on any atom is -0.477 e. The van der Waals surface area contributed by atoms with Gasteiger partial charge in [0.05, 0.1) is 41.5 Å². The topological polar surface area (TPSA) is 99.9 Å². The lowest BCUT2D eigenvalue weighted by Gasteiger charge is -2.23. The highest BCUT2D eigenvalue weighted by Crippen LogP contribution is 2.41. The third-order valence-electron chi connectivity index (χ3n) is 7.58. The van der Waals surface area contributed by atoms with Crippen LogP contribution in [0.25, 0.3) is 11.3 Å². The van der Waals surface area contributed by atoms with Crippen LogP contribution in [0.15, 0.2) is 41.5 Å². The quantitative estimate of drug-likeness (QED) is 0.474. The first kappa shape index (κ1) is 26.3. The van der Waals surface area contributed by atoms with Crippen molar-refractivity contribution >= 4 is 28.9 Å². The minimum atomic E-state index is -0.309. The van der Waals surface area contributed by atoms with Gasteiger partial charge in [-0.25, -0.2) is 4.68 Å². The zero-order valence-electron chi connectivity index (χ0n) is 23.8. The van der Waals surface area contributed by atoms with Crippen LogP contribution in [-0.4, -0.2) is 71.9 Å². The number of benzene rings is 1. The third kappa shape index (κ3) is 5.54. The van der Waals surface area contributed by atoms with Gasteiger partial charge in [-0.2, -0.15) is 10.1 Å². The summed E-state index contributed by atoms with van der Waals surface area (Å²) in [6.45, 7) is 7.26. The highest BCUT2D eigenvalue weighted by molar-refractivity contribution is 6.19. The van der Waals surface area contributed by atoms with Crippen molar-refractivity contribution in [2.75, 3.05) is 55.9 Å². The molecule has 1 aromatic carbocycles. The lowest BCUT2D eigenvalue weighted by Crippen LogP contribution is -2.35. The highest BCUT2D eigenvalue weighted by Gasteiger charge is 2.31. The number of aromatic nitrogens is 3. The summed E-state index contributed by atoms with van der Waals surface area (Å²) in [5.74, 6) is 1.35. The number of pyridine rings is 1. The number of ether oxygens (including phenoxy) is 1. The number of rotatable bonds is 5. The summed E-state index contributed by atoms with van der Waals surface area (Å²) in [5, 5.41) is 11.6. The molecule has 1 fully saturated rings. The van der Waals surface area contributed by atoms with Gasteiger partial charge in [0.1, 0.15) is 0 Å². The van der Waals surface area contributed by atoms with E-state index in [1.54, 1.807) is 6.07 Å². The van der Waals surface area contributed by atoms with Crippen molar-refractivity contribution in [1.29, 1.82) is 0 Å². The van der Waals surface area contributed by atoms with Gasteiger partial charge in [0.2, 0.25) is 11.8 Å². The summed E-state index contributed by atoms with van der Waals surface area (Å²) in [4.78, 5) is 27.3. The summed E-state index contributed by atoms with van der Waals surface area (Å²) < 4.78 is 8.36. The Balaban J connectivity index is 1.35. The summed E-state index contributed by atoms with van der Waals surface area (Å²) in [7, 11) is 4.13. The first-order chi connectivity index (χ1) is 19.4. The monoisotopic (exact) mass is 542 g/mol. The molecule has 1 saturated carbocycles. The zero-order chi connectivity index (χ0) is 27.8. The number of aliphatic imine (C=N–C) groups is 1. The van der Waals surface area contributed by atoms with Crippen molar-refractivity contribution in [2.24, 2.45) is 10.9 Å². The Morgan fingerprint density at radius 3 is 2.83 bits per heavy atom. The normalized spacial score (nSPS) is 20.3. The van der Waals surface area contributed by atoms with Crippen LogP contribution in [-0.2, 0) is 0 Å². The van der Waals surface area contributed by atoms with Gasteiger partial charge in [-0.15, -0.1) is 0 Å². The maximum absolute atomic E-state index is 13.6. The first-order valence-electron chi connectivity index (χ1n) is 14.3. The van der Waals surface area contributed by atoms with Gasteiger partial charge in [-0.1, -0.05) is 6.92 Å². The molecule has 2 aromatic heterocycles. The van der Waals surface area contributed by atoms with Gasteiger partial charge < -0.3 is 25.2 Å². The van der Waals surface area contributed by atoms with E-state index in [1.807, 2.05) is 23.9 Å². The van der Waals surface area contributed by atoms with Gasteiger partial charge in [0, 0.05) is 36.6 Å². The Kier molecular flexibility index (Phi) is 7.18. The fourth-order valence-electron chi connectivity index (χ4n) is 5.31. The van der Waals surface area contributed by atoms with E-state index in [0.29, 0.717) is 35.8 Å². The standard InChI is InChI=1S/C30H38N8O2/c1-19-6-5-13-40-29-24(17-32-38(29)23-8-9-23)26-15-21(14-20(2)33-26)28(39)35-30-34-25-10-7-22(31-11-12-36(3)4)16-27(25)37(30)18-19/h7,10,14-17,19,23,31H,5-6,8-9,11-13,18H2,1-4H3,(H,34,35,39). The van der Waals surface area contributed by atoms with E-state index in [-0.39, 0.29) is 5.91 Å². The second kappa shape index (κ2) is 10.9. The predicted molar refractivity (Wildman–Crippen MR) is 159 cm³/mol. The Labute approximate surface area is 235 Å². The van der Waals surface area contributed by atoms with Crippen LogP contribution >= 0.6 is 0 Å². The van der Waals surface area contributed by atoms with Crippen molar-refractivity contribution in [1.82, 2.24) is 19.7 Å². The van der Waals surface area contributed by atoms with Crippen LogP contribution < -0.4 is 20.3 Å². The largest absolute Gasteiger partial charge is 0.477 e. The lowest BCUT2D eigenvalue weighted by molar-refractivity contribution is 0.100. The molecule has 4 heterocycles. The number of likely N-dealkylation sites (N-methyl/N-ethyl adjacent to an activating group) is 1. The number of nitrogens with zero attached hydrogens (tertiary/aromatic N) is 6. The molecule has 2 N–H and O–H groups in total. The molecule has 1 aliphatic carbocycles. The molecule has 0 radical (unpaired) electrons. The Hall–Kier alpha value is -3.92. The zero-order valence-corrected chi connectivity index (χ0v) is 23.8. The number of guanidine groups is 1. The van der Waals surface area contributed by atoms with Crippen molar-refractivity contribution in [3.8, 4) is 17.1 Å². The molecule has 10 heteroatoms. The van der Waals surface area contributed by atoms with Crippen LogP contribution in [0.5, 0.6) is 5.88 Å². The summed E-state index contributed by atoms with van der Waals surface area (Å²) in [6.07, 6.45) is 5.92. The number of hydrogen-bond donors (Lipinski definition) is 2. The van der Waals surface area contributed by atoms with Crippen LogP contribution in [0.3, 0.4) is 0 Å². The Morgan fingerprint density at radius 2 is 2.02 bits per heavy atom. The number of hydrogen-bond acceptors (Lipinski definition) is 8. The van der Waals surface area contributed by atoms with Gasteiger partial charge in [-0.3, -0.25) is 9.78 Å². The summed E-state index contributed by atoms with van der Waals surface area (Å²) >= 11 is 0. The number of carbonyl (C=O) groups is 1. The van der Waals surface area contributed by atoms with E-state index in [1.165, 1.54) is 0 Å². The number of nitrogens with one attached hydrogen (secondary N) is 2. The molecule has 1 atom stereocenters. The fourth-order valence-corrected chi connectivity index (χ4v) is 5.31. The van der Waals surface area contributed by atoms with Crippen molar-refractivity contribution in [3.05, 3.63) is 47.8 Å². The number of aryl methyl sites for hydroxylation is 1. The van der Waals surface area contributed by atoms with Gasteiger partial charge in [-0.05, 0) is 83.0 Å².